The summed E-state index contributed by atoms with van der Waals surface area (Å²) in [5, 5.41) is 13.1. The van der Waals surface area contributed by atoms with Crippen molar-refractivity contribution in [3.63, 3.8) is 0 Å². The summed E-state index contributed by atoms with van der Waals surface area (Å²) in [6, 6.07) is 8.26. The standard InChI is InChI=1S/C14H9Cl4NO2/c15-10-2-1-9(11(16)5-10)7-21-14-12(17)3-8(6-19-20)4-13(14)18/h1-6,20H,7H2/b19-6+. The van der Waals surface area contributed by atoms with Gasteiger partial charge in [-0.3, -0.25) is 0 Å². The second-order valence-corrected chi connectivity index (χ2v) is 5.74. The Balaban J connectivity index is 2.20. The molecule has 0 bridgehead atoms. The van der Waals surface area contributed by atoms with Crippen molar-refractivity contribution >= 4 is 52.6 Å². The largest absolute Gasteiger partial charge is 0.486 e. The van der Waals surface area contributed by atoms with Crippen LogP contribution in [0.2, 0.25) is 20.1 Å². The van der Waals surface area contributed by atoms with Gasteiger partial charge >= 0.3 is 0 Å². The van der Waals surface area contributed by atoms with Crippen LogP contribution in [0.15, 0.2) is 35.5 Å². The third-order valence-electron chi connectivity index (χ3n) is 2.61. The third kappa shape index (κ3) is 4.17. The lowest BCUT2D eigenvalue weighted by molar-refractivity contribution is 0.306. The number of nitrogens with zero attached hydrogens (tertiary/aromatic N) is 1. The Morgan fingerprint density at radius 1 is 1.00 bits per heavy atom. The van der Waals surface area contributed by atoms with E-state index in [4.69, 9.17) is 56.3 Å². The second-order valence-electron chi connectivity index (χ2n) is 4.08. The van der Waals surface area contributed by atoms with Crippen molar-refractivity contribution in [1.82, 2.24) is 0 Å². The highest BCUT2D eigenvalue weighted by atomic mass is 35.5. The van der Waals surface area contributed by atoms with E-state index in [0.29, 0.717) is 31.4 Å². The third-order valence-corrected chi connectivity index (χ3v) is 3.76. The molecule has 110 valence electrons. The van der Waals surface area contributed by atoms with Gasteiger partial charge in [0.15, 0.2) is 5.75 Å². The van der Waals surface area contributed by atoms with Gasteiger partial charge in [-0.1, -0.05) is 57.6 Å². The minimum Gasteiger partial charge on any atom is -0.486 e. The number of rotatable bonds is 4. The van der Waals surface area contributed by atoms with Gasteiger partial charge in [0.05, 0.1) is 16.3 Å². The Morgan fingerprint density at radius 3 is 2.24 bits per heavy atom. The molecule has 21 heavy (non-hydrogen) atoms. The minimum atomic E-state index is 0.197. The smallest absolute Gasteiger partial charge is 0.157 e. The zero-order valence-corrected chi connectivity index (χ0v) is 13.5. The summed E-state index contributed by atoms with van der Waals surface area (Å²) in [6.07, 6.45) is 1.22. The van der Waals surface area contributed by atoms with Crippen molar-refractivity contribution in [1.29, 1.82) is 0 Å². The summed E-state index contributed by atoms with van der Waals surface area (Å²) in [4.78, 5) is 0. The van der Waals surface area contributed by atoms with Crippen LogP contribution in [0.1, 0.15) is 11.1 Å². The molecule has 3 nitrogen and oxygen atoms in total. The lowest BCUT2D eigenvalue weighted by atomic mass is 10.2. The average molecular weight is 365 g/mol. The van der Waals surface area contributed by atoms with E-state index in [1.165, 1.54) is 6.21 Å². The van der Waals surface area contributed by atoms with Crippen molar-refractivity contribution in [3.8, 4) is 5.75 Å². The van der Waals surface area contributed by atoms with E-state index < -0.39 is 0 Å². The molecule has 0 radical (unpaired) electrons. The summed E-state index contributed by atoms with van der Waals surface area (Å²) in [5.74, 6) is 0.333. The molecule has 0 saturated carbocycles. The van der Waals surface area contributed by atoms with E-state index in [9.17, 15) is 0 Å². The van der Waals surface area contributed by atoms with Crippen LogP contribution in [0.4, 0.5) is 0 Å². The monoisotopic (exact) mass is 363 g/mol. The quantitative estimate of drug-likeness (QED) is 0.430. The number of halogens is 4. The second kappa shape index (κ2) is 7.23. The highest BCUT2D eigenvalue weighted by Gasteiger charge is 2.11. The van der Waals surface area contributed by atoms with Gasteiger partial charge in [0.2, 0.25) is 0 Å². The summed E-state index contributed by atoms with van der Waals surface area (Å²) in [5.41, 5.74) is 1.32. The number of ether oxygens (including phenoxy) is 1. The van der Waals surface area contributed by atoms with Crippen LogP contribution in [0.25, 0.3) is 0 Å². The van der Waals surface area contributed by atoms with E-state index in [2.05, 4.69) is 5.16 Å². The summed E-state index contributed by atoms with van der Waals surface area (Å²) < 4.78 is 5.61. The maximum atomic E-state index is 8.50. The topological polar surface area (TPSA) is 41.8 Å². The van der Waals surface area contributed by atoms with Crippen LogP contribution in [-0.4, -0.2) is 11.4 Å². The van der Waals surface area contributed by atoms with Crippen molar-refractivity contribution in [2.45, 2.75) is 6.61 Å². The number of hydrogen-bond donors (Lipinski definition) is 1. The van der Waals surface area contributed by atoms with Crippen molar-refractivity contribution in [2.24, 2.45) is 5.16 Å². The highest BCUT2D eigenvalue weighted by molar-refractivity contribution is 6.37. The van der Waals surface area contributed by atoms with Crippen LogP contribution in [0.3, 0.4) is 0 Å². The van der Waals surface area contributed by atoms with Gasteiger partial charge in [-0.05, 0) is 29.8 Å². The van der Waals surface area contributed by atoms with Gasteiger partial charge in [-0.2, -0.15) is 0 Å². The molecule has 0 unspecified atom stereocenters. The van der Waals surface area contributed by atoms with E-state index in [1.807, 2.05) is 0 Å². The molecule has 0 aliphatic heterocycles. The molecule has 0 aromatic heterocycles. The van der Waals surface area contributed by atoms with E-state index in [0.717, 1.165) is 5.56 Å². The summed E-state index contributed by atoms with van der Waals surface area (Å²) in [6.45, 7) is 0.197. The Labute approximate surface area is 141 Å². The molecular weight excluding hydrogens is 356 g/mol. The van der Waals surface area contributed by atoms with E-state index in [1.54, 1.807) is 30.3 Å². The van der Waals surface area contributed by atoms with Crippen molar-refractivity contribution in [2.75, 3.05) is 0 Å². The fraction of sp³-hybridized carbons (Fsp3) is 0.0714. The van der Waals surface area contributed by atoms with Crippen LogP contribution in [-0.2, 0) is 6.61 Å². The predicted molar refractivity (Wildman–Crippen MR) is 86.6 cm³/mol. The van der Waals surface area contributed by atoms with Gasteiger partial charge < -0.3 is 9.94 Å². The van der Waals surface area contributed by atoms with Gasteiger partial charge in [-0.15, -0.1) is 0 Å². The van der Waals surface area contributed by atoms with E-state index in [-0.39, 0.29) is 6.61 Å². The summed E-state index contributed by atoms with van der Waals surface area (Å²) >= 11 is 24.1. The Hall–Kier alpha value is -1.13. The molecule has 0 aliphatic rings. The molecule has 0 spiro atoms. The number of hydrogen-bond acceptors (Lipinski definition) is 3. The number of oxime groups is 1. The fourth-order valence-electron chi connectivity index (χ4n) is 1.65. The molecule has 0 atom stereocenters. The molecule has 1 N–H and O–H groups in total. The molecule has 7 heteroatoms. The predicted octanol–water partition coefficient (Wildman–Crippen LogP) is 5.69. The van der Waals surface area contributed by atoms with Crippen LogP contribution < -0.4 is 4.74 Å². The zero-order valence-electron chi connectivity index (χ0n) is 10.5. The molecular formula is C14H9Cl4NO2. The molecule has 0 fully saturated rings. The first kappa shape index (κ1) is 16.2. The first-order valence-corrected chi connectivity index (χ1v) is 7.25. The van der Waals surface area contributed by atoms with Gasteiger partial charge in [0.1, 0.15) is 6.61 Å². The Morgan fingerprint density at radius 2 is 1.67 bits per heavy atom. The summed E-state index contributed by atoms with van der Waals surface area (Å²) in [7, 11) is 0. The maximum Gasteiger partial charge on any atom is 0.157 e. The minimum absolute atomic E-state index is 0.197. The first-order chi connectivity index (χ1) is 10.0. The zero-order chi connectivity index (χ0) is 15.4. The molecule has 2 rings (SSSR count). The lowest BCUT2D eigenvalue weighted by Crippen LogP contribution is -1.98. The molecule has 0 heterocycles. The van der Waals surface area contributed by atoms with Gasteiger partial charge in [0.25, 0.3) is 0 Å². The molecule has 2 aromatic carbocycles. The average Bonchev–Trinajstić information content (AvgIpc) is 2.40. The van der Waals surface area contributed by atoms with Crippen LogP contribution >= 0.6 is 46.4 Å². The number of benzene rings is 2. The normalized spacial score (nSPS) is 11.0. The SMILES string of the molecule is O/N=C/c1cc(Cl)c(OCc2ccc(Cl)cc2Cl)c(Cl)c1. The van der Waals surface area contributed by atoms with Crippen molar-refractivity contribution in [3.05, 3.63) is 61.5 Å². The van der Waals surface area contributed by atoms with Gasteiger partial charge in [-0.25, -0.2) is 0 Å². The molecule has 0 amide bonds. The van der Waals surface area contributed by atoms with Crippen LogP contribution in [0.5, 0.6) is 5.75 Å². The van der Waals surface area contributed by atoms with Crippen molar-refractivity contribution < 1.29 is 9.94 Å². The Kier molecular flexibility index (Phi) is 5.59. The molecule has 2 aromatic rings. The molecule has 0 saturated heterocycles. The molecule has 0 aliphatic carbocycles. The maximum absolute atomic E-state index is 8.50. The highest BCUT2D eigenvalue weighted by Crippen LogP contribution is 2.35. The first-order valence-electron chi connectivity index (χ1n) is 5.74. The fourth-order valence-corrected chi connectivity index (χ4v) is 2.72. The van der Waals surface area contributed by atoms with E-state index >= 15 is 0 Å². The van der Waals surface area contributed by atoms with Crippen LogP contribution in [0, 0.1) is 0 Å². The Bertz CT molecular complexity index is 666. The lowest BCUT2D eigenvalue weighted by Gasteiger charge is -2.11. The van der Waals surface area contributed by atoms with Gasteiger partial charge in [0, 0.05) is 15.6 Å².